The zero-order valence-electron chi connectivity index (χ0n) is 16.4. The molecule has 0 aromatic rings. The Morgan fingerprint density at radius 1 is 0.833 bits per heavy atom. The van der Waals surface area contributed by atoms with E-state index < -0.39 is 0 Å². The van der Waals surface area contributed by atoms with Crippen LogP contribution in [0.1, 0.15) is 104 Å². The second-order valence-electron chi connectivity index (χ2n) is 6.81. The van der Waals surface area contributed by atoms with Crippen LogP contribution >= 0.6 is 0 Å². The van der Waals surface area contributed by atoms with Crippen molar-refractivity contribution in [2.24, 2.45) is 0 Å². The highest BCUT2D eigenvalue weighted by atomic mass is 16.5. The van der Waals surface area contributed by atoms with Gasteiger partial charge in [-0.2, -0.15) is 0 Å². The van der Waals surface area contributed by atoms with Crippen molar-refractivity contribution in [2.45, 2.75) is 104 Å². The molecular formula is C22H40O2. The largest absolute Gasteiger partial charge is 0.469 e. The molecule has 0 aromatic carbocycles. The Kier molecular flexibility index (Phi) is 17.5. The summed E-state index contributed by atoms with van der Waals surface area (Å²) in [5.41, 5.74) is 1.51. The monoisotopic (exact) mass is 336 g/mol. The number of ether oxygens (including phenoxy) is 1. The van der Waals surface area contributed by atoms with Gasteiger partial charge in [-0.15, -0.1) is 0 Å². The minimum atomic E-state index is -0.0761. The molecule has 2 heteroatoms. The lowest BCUT2D eigenvalue weighted by atomic mass is 10.1. The van der Waals surface area contributed by atoms with Crippen molar-refractivity contribution < 1.29 is 9.53 Å². The number of hydrogen-bond acceptors (Lipinski definition) is 2. The van der Waals surface area contributed by atoms with Crippen LogP contribution in [0.25, 0.3) is 0 Å². The molecule has 0 saturated heterocycles. The lowest BCUT2D eigenvalue weighted by Gasteiger charge is -2.01. The fraction of sp³-hybridized carbons (Fsp3) is 0.773. The lowest BCUT2D eigenvalue weighted by molar-refractivity contribution is -0.140. The number of methoxy groups -OCH3 is 1. The Morgan fingerprint density at radius 3 is 2.12 bits per heavy atom. The molecule has 2 nitrogen and oxygen atoms in total. The average molecular weight is 337 g/mol. The molecule has 140 valence electrons. The first-order chi connectivity index (χ1) is 11.7. The highest BCUT2D eigenvalue weighted by Gasteiger charge is 1.98. The van der Waals surface area contributed by atoms with E-state index in [4.69, 9.17) is 0 Å². The van der Waals surface area contributed by atoms with Gasteiger partial charge in [-0.1, -0.05) is 75.7 Å². The van der Waals surface area contributed by atoms with E-state index in [9.17, 15) is 4.79 Å². The van der Waals surface area contributed by atoms with Crippen LogP contribution in [0.2, 0.25) is 0 Å². The van der Waals surface area contributed by atoms with Crippen LogP contribution in [0.4, 0.5) is 0 Å². The highest BCUT2D eigenvalue weighted by Crippen LogP contribution is 2.11. The number of rotatable bonds is 16. The number of carbonyl (C=O) groups excluding carboxylic acids is 1. The summed E-state index contributed by atoms with van der Waals surface area (Å²) in [4.78, 5) is 11.0. The highest BCUT2D eigenvalue weighted by molar-refractivity contribution is 5.68. The van der Waals surface area contributed by atoms with Crippen LogP contribution in [-0.2, 0) is 9.53 Å². The maximum atomic E-state index is 11.0. The Bertz CT molecular complexity index is 342. The van der Waals surface area contributed by atoms with Crippen molar-refractivity contribution in [3.8, 4) is 0 Å². The summed E-state index contributed by atoms with van der Waals surface area (Å²) in [5, 5.41) is 0. The molecule has 0 atom stereocenters. The Hall–Kier alpha value is -1.05. The number of esters is 1. The quantitative estimate of drug-likeness (QED) is 0.170. The molecular weight excluding hydrogens is 296 g/mol. The van der Waals surface area contributed by atoms with Crippen LogP contribution in [0, 0.1) is 0 Å². The predicted molar refractivity (Wildman–Crippen MR) is 105 cm³/mol. The first-order valence-corrected chi connectivity index (χ1v) is 10.1. The number of hydrogen-bond donors (Lipinski definition) is 0. The van der Waals surface area contributed by atoms with Gasteiger partial charge in [0.15, 0.2) is 0 Å². The maximum Gasteiger partial charge on any atom is 0.305 e. The SMILES string of the molecule is CCCCC/C=C(\C)C/C=C\CCCCCCCCCC(=O)OC. The molecule has 24 heavy (non-hydrogen) atoms. The van der Waals surface area contributed by atoms with E-state index in [0.717, 1.165) is 19.3 Å². The van der Waals surface area contributed by atoms with Gasteiger partial charge in [0.2, 0.25) is 0 Å². The molecule has 0 saturated carbocycles. The smallest absolute Gasteiger partial charge is 0.305 e. The average Bonchev–Trinajstić information content (AvgIpc) is 2.59. The van der Waals surface area contributed by atoms with E-state index in [0.29, 0.717) is 6.42 Å². The van der Waals surface area contributed by atoms with Crippen LogP contribution in [0.15, 0.2) is 23.8 Å². The molecule has 0 N–H and O–H groups in total. The zero-order valence-corrected chi connectivity index (χ0v) is 16.4. The van der Waals surface area contributed by atoms with Gasteiger partial charge in [0.1, 0.15) is 0 Å². The Morgan fingerprint density at radius 2 is 1.46 bits per heavy atom. The van der Waals surface area contributed by atoms with Crippen LogP contribution in [-0.4, -0.2) is 13.1 Å². The predicted octanol–water partition coefficient (Wildman–Crippen LogP) is 7.14. The second kappa shape index (κ2) is 18.3. The summed E-state index contributed by atoms with van der Waals surface area (Å²) in [6.07, 6.45) is 23.8. The number of allylic oxidation sites excluding steroid dienone is 4. The van der Waals surface area contributed by atoms with Crippen molar-refractivity contribution in [3.63, 3.8) is 0 Å². The molecule has 0 aliphatic heterocycles. The zero-order chi connectivity index (χ0) is 17.9. The standard InChI is InChI=1S/C22H40O2/c1-4-5-6-15-18-21(2)19-16-13-11-9-7-8-10-12-14-17-20-22(23)24-3/h13,16,18H,4-12,14-15,17,19-20H2,1-3H3/b16-13-,21-18+. The van der Waals surface area contributed by atoms with Gasteiger partial charge in [0.05, 0.1) is 7.11 Å². The van der Waals surface area contributed by atoms with Crippen molar-refractivity contribution in [3.05, 3.63) is 23.8 Å². The molecule has 0 bridgehead atoms. The van der Waals surface area contributed by atoms with Gasteiger partial charge in [0, 0.05) is 6.42 Å². The Balaban J connectivity index is 3.33. The minimum Gasteiger partial charge on any atom is -0.469 e. The fourth-order valence-corrected chi connectivity index (χ4v) is 2.73. The van der Waals surface area contributed by atoms with Crippen molar-refractivity contribution in [1.29, 1.82) is 0 Å². The van der Waals surface area contributed by atoms with Crippen LogP contribution in [0.3, 0.4) is 0 Å². The molecule has 0 aliphatic carbocycles. The molecule has 0 rings (SSSR count). The molecule has 0 amide bonds. The van der Waals surface area contributed by atoms with Crippen molar-refractivity contribution in [2.75, 3.05) is 7.11 Å². The Labute approximate surface area is 150 Å². The summed E-state index contributed by atoms with van der Waals surface area (Å²) >= 11 is 0. The van der Waals surface area contributed by atoms with Gasteiger partial charge >= 0.3 is 5.97 Å². The minimum absolute atomic E-state index is 0.0761. The first-order valence-electron chi connectivity index (χ1n) is 10.1. The van der Waals surface area contributed by atoms with E-state index in [-0.39, 0.29) is 5.97 Å². The van der Waals surface area contributed by atoms with Gasteiger partial charge < -0.3 is 4.74 Å². The summed E-state index contributed by atoms with van der Waals surface area (Å²) in [7, 11) is 1.46. The fourth-order valence-electron chi connectivity index (χ4n) is 2.73. The number of unbranched alkanes of at least 4 members (excludes halogenated alkanes) is 10. The van der Waals surface area contributed by atoms with Gasteiger partial charge in [-0.25, -0.2) is 0 Å². The van der Waals surface area contributed by atoms with Crippen LogP contribution < -0.4 is 0 Å². The third-order valence-electron chi connectivity index (χ3n) is 4.39. The van der Waals surface area contributed by atoms with Gasteiger partial charge in [-0.3, -0.25) is 4.79 Å². The molecule has 0 radical (unpaired) electrons. The van der Waals surface area contributed by atoms with E-state index in [1.165, 1.54) is 76.9 Å². The van der Waals surface area contributed by atoms with Crippen molar-refractivity contribution >= 4 is 5.97 Å². The third-order valence-corrected chi connectivity index (χ3v) is 4.39. The van der Waals surface area contributed by atoms with Crippen molar-refractivity contribution in [1.82, 2.24) is 0 Å². The van der Waals surface area contributed by atoms with E-state index >= 15 is 0 Å². The molecule has 0 aliphatic rings. The summed E-state index contributed by atoms with van der Waals surface area (Å²) < 4.78 is 4.64. The van der Waals surface area contributed by atoms with Gasteiger partial charge in [-0.05, 0) is 45.4 Å². The summed E-state index contributed by atoms with van der Waals surface area (Å²) in [6, 6.07) is 0. The third kappa shape index (κ3) is 17.3. The molecule has 0 unspecified atom stereocenters. The molecule has 0 fully saturated rings. The summed E-state index contributed by atoms with van der Waals surface area (Å²) in [6.45, 7) is 4.50. The van der Waals surface area contributed by atoms with Crippen LogP contribution in [0.5, 0.6) is 0 Å². The number of carbonyl (C=O) groups is 1. The molecule has 0 heterocycles. The second-order valence-corrected chi connectivity index (χ2v) is 6.81. The topological polar surface area (TPSA) is 26.3 Å². The van der Waals surface area contributed by atoms with Gasteiger partial charge in [0.25, 0.3) is 0 Å². The lowest BCUT2D eigenvalue weighted by Crippen LogP contribution is -1.99. The van der Waals surface area contributed by atoms with E-state index in [1.54, 1.807) is 0 Å². The van der Waals surface area contributed by atoms with E-state index in [1.807, 2.05) is 0 Å². The molecule has 0 aromatic heterocycles. The first kappa shape index (κ1) is 22.9. The summed E-state index contributed by atoms with van der Waals surface area (Å²) in [5.74, 6) is -0.0761. The maximum absolute atomic E-state index is 11.0. The molecule has 0 spiro atoms. The normalized spacial score (nSPS) is 12.0. The van der Waals surface area contributed by atoms with E-state index in [2.05, 4.69) is 36.8 Å².